The summed E-state index contributed by atoms with van der Waals surface area (Å²) in [6.07, 6.45) is 3.28. The SMILES string of the molecule is Cc1ccc(-c2csc3ncn(CC(=O)N[C@](C)(C#N)C4CC4)c(=O)c23)cc1. The van der Waals surface area contributed by atoms with Crippen LogP contribution in [0.3, 0.4) is 0 Å². The quantitative estimate of drug-likeness (QED) is 0.722. The van der Waals surface area contributed by atoms with Crippen LogP contribution in [0.1, 0.15) is 25.3 Å². The number of aryl methyl sites for hydroxylation is 1. The van der Waals surface area contributed by atoms with Gasteiger partial charge in [-0.25, -0.2) is 4.98 Å². The Labute approximate surface area is 166 Å². The van der Waals surface area contributed by atoms with Gasteiger partial charge >= 0.3 is 0 Å². The van der Waals surface area contributed by atoms with E-state index in [-0.39, 0.29) is 23.9 Å². The summed E-state index contributed by atoms with van der Waals surface area (Å²) in [4.78, 5) is 30.6. The number of carbonyl (C=O) groups excluding carboxylic acids is 1. The van der Waals surface area contributed by atoms with E-state index in [9.17, 15) is 14.9 Å². The number of thiophene rings is 1. The molecule has 28 heavy (non-hydrogen) atoms. The Morgan fingerprint density at radius 2 is 2.11 bits per heavy atom. The van der Waals surface area contributed by atoms with Gasteiger partial charge in [-0.3, -0.25) is 14.2 Å². The Kier molecular flexibility index (Phi) is 4.52. The third-order valence-corrected chi connectivity index (χ3v) is 6.15. The molecule has 0 radical (unpaired) electrons. The van der Waals surface area contributed by atoms with Crippen molar-refractivity contribution in [2.45, 2.75) is 38.8 Å². The van der Waals surface area contributed by atoms with E-state index in [4.69, 9.17) is 0 Å². The van der Waals surface area contributed by atoms with Gasteiger partial charge < -0.3 is 5.32 Å². The van der Waals surface area contributed by atoms with Gasteiger partial charge in [-0.05, 0) is 38.2 Å². The minimum Gasteiger partial charge on any atom is -0.336 e. The first-order valence-corrected chi connectivity index (χ1v) is 10.0. The van der Waals surface area contributed by atoms with Crippen LogP contribution in [-0.2, 0) is 11.3 Å². The van der Waals surface area contributed by atoms with Crippen molar-refractivity contribution < 1.29 is 4.79 Å². The van der Waals surface area contributed by atoms with Crippen LogP contribution in [-0.4, -0.2) is 21.0 Å². The Bertz CT molecular complexity index is 1150. The van der Waals surface area contributed by atoms with Crippen molar-refractivity contribution in [2.24, 2.45) is 5.92 Å². The highest BCUT2D eigenvalue weighted by molar-refractivity contribution is 7.17. The van der Waals surface area contributed by atoms with E-state index in [1.807, 2.05) is 36.6 Å². The third kappa shape index (κ3) is 3.32. The van der Waals surface area contributed by atoms with Crippen molar-refractivity contribution in [1.82, 2.24) is 14.9 Å². The van der Waals surface area contributed by atoms with E-state index >= 15 is 0 Å². The van der Waals surface area contributed by atoms with Crippen LogP contribution >= 0.6 is 11.3 Å². The van der Waals surface area contributed by atoms with Crippen molar-refractivity contribution >= 4 is 27.5 Å². The second-order valence-electron chi connectivity index (χ2n) is 7.51. The molecule has 1 saturated carbocycles. The molecule has 0 spiro atoms. The predicted octanol–water partition coefficient (Wildman–Crippen LogP) is 3.24. The first kappa shape index (κ1) is 18.4. The molecule has 7 heteroatoms. The van der Waals surface area contributed by atoms with Crippen molar-refractivity contribution in [1.29, 1.82) is 5.26 Å². The van der Waals surface area contributed by atoms with E-state index < -0.39 is 5.54 Å². The molecular weight excluding hydrogens is 372 g/mol. The molecule has 1 atom stereocenters. The zero-order chi connectivity index (χ0) is 19.9. The smallest absolute Gasteiger partial charge is 0.263 e. The Balaban J connectivity index is 1.65. The van der Waals surface area contributed by atoms with Gasteiger partial charge in [0, 0.05) is 10.9 Å². The molecule has 1 fully saturated rings. The van der Waals surface area contributed by atoms with Crippen LogP contribution in [0, 0.1) is 24.2 Å². The van der Waals surface area contributed by atoms with E-state index in [1.165, 1.54) is 22.2 Å². The van der Waals surface area contributed by atoms with Gasteiger partial charge in [0.1, 0.15) is 16.9 Å². The lowest BCUT2D eigenvalue weighted by Gasteiger charge is -2.23. The van der Waals surface area contributed by atoms with Gasteiger partial charge in [0.25, 0.3) is 5.56 Å². The van der Waals surface area contributed by atoms with Crippen LogP contribution in [0.5, 0.6) is 0 Å². The van der Waals surface area contributed by atoms with Crippen LogP contribution in [0.25, 0.3) is 21.3 Å². The van der Waals surface area contributed by atoms with Gasteiger partial charge in [0.2, 0.25) is 5.91 Å². The lowest BCUT2D eigenvalue weighted by molar-refractivity contribution is -0.123. The largest absolute Gasteiger partial charge is 0.336 e. The zero-order valence-electron chi connectivity index (χ0n) is 15.7. The maximum atomic E-state index is 13.1. The number of rotatable bonds is 5. The molecule has 0 saturated heterocycles. The second-order valence-corrected chi connectivity index (χ2v) is 8.37. The molecule has 1 amide bonds. The monoisotopic (exact) mass is 392 g/mol. The number of fused-ring (bicyclic) bond motifs is 1. The second kappa shape index (κ2) is 6.88. The molecule has 2 aromatic heterocycles. The highest BCUT2D eigenvalue weighted by atomic mass is 32.1. The number of aromatic nitrogens is 2. The first-order valence-electron chi connectivity index (χ1n) is 9.17. The molecule has 1 aromatic carbocycles. The molecule has 6 nitrogen and oxygen atoms in total. The minimum atomic E-state index is -0.881. The van der Waals surface area contributed by atoms with E-state index in [0.717, 1.165) is 29.5 Å². The number of nitriles is 1. The maximum absolute atomic E-state index is 13.1. The Morgan fingerprint density at radius 1 is 1.39 bits per heavy atom. The zero-order valence-corrected chi connectivity index (χ0v) is 16.5. The molecule has 1 aliphatic rings. The van der Waals surface area contributed by atoms with Crippen LogP contribution < -0.4 is 10.9 Å². The van der Waals surface area contributed by atoms with Gasteiger partial charge in [-0.2, -0.15) is 5.26 Å². The molecule has 0 bridgehead atoms. The summed E-state index contributed by atoms with van der Waals surface area (Å²) in [5.74, 6) is -0.171. The highest BCUT2D eigenvalue weighted by Crippen LogP contribution is 2.39. The van der Waals surface area contributed by atoms with Crippen LogP contribution in [0.2, 0.25) is 0 Å². The molecule has 142 valence electrons. The molecule has 1 N–H and O–H groups in total. The fourth-order valence-corrected chi connectivity index (χ4v) is 4.30. The minimum absolute atomic E-state index is 0.158. The van der Waals surface area contributed by atoms with E-state index in [2.05, 4.69) is 16.4 Å². The fourth-order valence-electron chi connectivity index (χ4n) is 3.39. The normalized spacial score (nSPS) is 15.8. The number of hydrogen-bond acceptors (Lipinski definition) is 5. The molecule has 2 heterocycles. The predicted molar refractivity (Wildman–Crippen MR) is 109 cm³/mol. The average molecular weight is 392 g/mol. The number of nitrogens with one attached hydrogen (secondary N) is 1. The summed E-state index contributed by atoms with van der Waals surface area (Å²) >= 11 is 1.41. The molecule has 4 rings (SSSR count). The van der Waals surface area contributed by atoms with Gasteiger partial charge in [0.05, 0.1) is 17.8 Å². The summed E-state index contributed by atoms with van der Waals surface area (Å²) in [6.45, 7) is 3.59. The molecule has 0 unspecified atom stereocenters. The van der Waals surface area contributed by atoms with Crippen molar-refractivity contribution in [3.63, 3.8) is 0 Å². The average Bonchev–Trinajstić information content (AvgIpc) is 3.45. The number of nitrogens with zero attached hydrogens (tertiary/aromatic N) is 3. The third-order valence-electron chi connectivity index (χ3n) is 5.26. The number of benzene rings is 1. The molecule has 3 aromatic rings. The standard InChI is InChI=1S/C21H20N4O2S/c1-13-3-5-14(6-4-13)16-10-28-19-18(16)20(27)25(12-23-19)9-17(26)24-21(2,11-22)15-7-8-15/h3-6,10,12,15H,7-9H2,1-2H3,(H,24,26)/t21-/m1/s1. The lowest BCUT2D eigenvalue weighted by atomic mass is 9.98. The molecular formula is C21H20N4O2S. The first-order chi connectivity index (χ1) is 13.4. The molecule has 1 aliphatic carbocycles. The van der Waals surface area contributed by atoms with Gasteiger partial charge in [0.15, 0.2) is 0 Å². The lowest BCUT2D eigenvalue weighted by Crippen LogP contribution is -2.48. The van der Waals surface area contributed by atoms with Crippen molar-refractivity contribution in [3.8, 4) is 17.2 Å². The topological polar surface area (TPSA) is 87.8 Å². The van der Waals surface area contributed by atoms with Crippen LogP contribution in [0.4, 0.5) is 0 Å². The van der Waals surface area contributed by atoms with Gasteiger partial charge in [-0.1, -0.05) is 29.8 Å². The van der Waals surface area contributed by atoms with E-state index in [1.54, 1.807) is 6.92 Å². The summed E-state index contributed by atoms with van der Waals surface area (Å²) in [6, 6.07) is 10.2. The highest BCUT2D eigenvalue weighted by Gasteiger charge is 2.43. The summed E-state index contributed by atoms with van der Waals surface area (Å²) in [5.41, 5.74) is 1.79. The summed E-state index contributed by atoms with van der Waals surface area (Å²) in [7, 11) is 0. The maximum Gasteiger partial charge on any atom is 0.263 e. The molecule has 0 aliphatic heterocycles. The fraction of sp³-hybridized carbons (Fsp3) is 0.333. The van der Waals surface area contributed by atoms with Gasteiger partial charge in [-0.15, -0.1) is 11.3 Å². The van der Waals surface area contributed by atoms with E-state index in [0.29, 0.717) is 10.2 Å². The number of hydrogen-bond donors (Lipinski definition) is 1. The Morgan fingerprint density at radius 3 is 2.75 bits per heavy atom. The van der Waals surface area contributed by atoms with Crippen LogP contribution in [0.15, 0.2) is 40.8 Å². The summed E-state index contributed by atoms with van der Waals surface area (Å²) < 4.78 is 1.31. The van der Waals surface area contributed by atoms with Crippen molar-refractivity contribution in [3.05, 3.63) is 51.9 Å². The Hall–Kier alpha value is -2.98. The summed E-state index contributed by atoms with van der Waals surface area (Å²) in [5, 5.41) is 14.7. The van der Waals surface area contributed by atoms with Crippen molar-refractivity contribution in [2.75, 3.05) is 0 Å². The number of carbonyl (C=O) groups is 1. The number of amides is 1.